The second-order valence-electron chi connectivity index (χ2n) is 5.40. The molecule has 4 nitrogen and oxygen atoms in total. The van der Waals surface area contributed by atoms with Crippen molar-refractivity contribution in [1.29, 1.82) is 0 Å². The number of oxime groups is 1. The highest BCUT2D eigenvalue weighted by atomic mass is 16.5. The van der Waals surface area contributed by atoms with Gasteiger partial charge in [0, 0.05) is 17.2 Å². The molecule has 2 aromatic rings. The van der Waals surface area contributed by atoms with Crippen LogP contribution in [0.15, 0.2) is 53.7 Å². The number of phenolic OH excluding ortho intramolecular Hbond substituents is 1. The number of aromatic hydroxyl groups is 1. The number of rotatable bonds is 8. The largest absolute Gasteiger partial charge is 0.507 e. The molecule has 0 aliphatic rings. The van der Waals surface area contributed by atoms with Crippen LogP contribution in [0.3, 0.4) is 0 Å². The third-order valence-electron chi connectivity index (χ3n) is 3.64. The van der Waals surface area contributed by atoms with Gasteiger partial charge in [0.05, 0.1) is 6.61 Å². The zero-order chi connectivity index (χ0) is 16.5. The van der Waals surface area contributed by atoms with Crippen molar-refractivity contribution < 1.29 is 15.1 Å². The Labute approximate surface area is 137 Å². The molecule has 0 aromatic heterocycles. The fourth-order valence-electron chi connectivity index (χ4n) is 2.38. The highest BCUT2D eigenvalue weighted by Crippen LogP contribution is 2.26. The van der Waals surface area contributed by atoms with E-state index in [1.807, 2.05) is 30.3 Å². The summed E-state index contributed by atoms with van der Waals surface area (Å²) >= 11 is 0. The first kappa shape index (κ1) is 16.9. The highest BCUT2D eigenvalue weighted by Gasteiger charge is 2.13. The van der Waals surface area contributed by atoms with E-state index in [0.717, 1.165) is 18.4 Å². The average Bonchev–Trinajstić information content (AvgIpc) is 2.58. The second kappa shape index (κ2) is 8.83. The lowest BCUT2D eigenvalue weighted by atomic mass is 10.0. The Hall–Kier alpha value is -2.49. The van der Waals surface area contributed by atoms with Gasteiger partial charge >= 0.3 is 0 Å². The van der Waals surface area contributed by atoms with Gasteiger partial charge in [-0.1, -0.05) is 61.7 Å². The van der Waals surface area contributed by atoms with Crippen LogP contribution in [0, 0.1) is 0 Å². The Morgan fingerprint density at radius 1 is 1.04 bits per heavy atom. The van der Waals surface area contributed by atoms with E-state index in [-0.39, 0.29) is 5.75 Å². The third kappa shape index (κ3) is 4.74. The summed E-state index contributed by atoms with van der Waals surface area (Å²) in [5.41, 5.74) is 1.54. The maximum atomic E-state index is 10.2. The van der Waals surface area contributed by atoms with Crippen molar-refractivity contribution in [2.24, 2.45) is 5.16 Å². The third-order valence-corrected chi connectivity index (χ3v) is 3.64. The molecule has 0 saturated carbocycles. The van der Waals surface area contributed by atoms with E-state index in [1.165, 1.54) is 12.8 Å². The van der Waals surface area contributed by atoms with Gasteiger partial charge in [-0.3, -0.25) is 0 Å². The Bertz CT molecular complexity index is 638. The van der Waals surface area contributed by atoms with Crippen molar-refractivity contribution in [2.45, 2.75) is 32.6 Å². The first-order valence-electron chi connectivity index (χ1n) is 8.00. The van der Waals surface area contributed by atoms with Crippen molar-refractivity contribution >= 4 is 5.71 Å². The van der Waals surface area contributed by atoms with Crippen molar-refractivity contribution in [2.75, 3.05) is 6.61 Å². The highest BCUT2D eigenvalue weighted by molar-refractivity contribution is 6.14. The number of hydrogen-bond acceptors (Lipinski definition) is 4. The van der Waals surface area contributed by atoms with Crippen molar-refractivity contribution in [3.05, 3.63) is 59.7 Å². The van der Waals surface area contributed by atoms with Gasteiger partial charge in [-0.05, 0) is 18.6 Å². The van der Waals surface area contributed by atoms with Crippen LogP contribution in [0.25, 0.3) is 0 Å². The second-order valence-corrected chi connectivity index (χ2v) is 5.40. The van der Waals surface area contributed by atoms with Gasteiger partial charge in [0.1, 0.15) is 17.2 Å². The number of nitrogens with zero attached hydrogens (tertiary/aromatic N) is 1. The van der Waals surface area contributed by atoms with Crippen LogP contribution in [0.4, 0.5) is 0 Å². The Balaban J connectivity index is 2.07. The molecule has 0 unspecified atom stereocenters. The Kier molecular flexibility index (Phi) is 6.48. The molecule has 0 radical (unpaired) electrons. The van der Waals surface area contributed by atoms with Crippen LogP contribution >= 0.6 is 0 Å². The van der Waals surface area contributed by atoms with E-state index in [1.54, 1.807) is 18.2 Å². The fraction of sp³-hybridized carbons (Fsp3) is 0.316. The normalized spacial score (nSPS) is 11.4. The summed E-state index contributed by atoms with van der Waals surface area (Å²) in [5, 5.41) is 22.8. The molecule has 0 fully saturated rings. The maximum absolute atomic E-state index is 10.2. The van der Waals surface area contributed by atoms with Crippen LogP contribution in [-0.2, 0) is 0 Å². The molecule has 4 heteroatoms. The monoisotopic (exact) mass is 313 g/mol. The predicted octanol–water partition coefficient (Wildman–Crippen LogP) is 4.58. The van der Waals surface area contributed by atoms with Crippen LogP contribution < -0.4 is 4.74 Å². The summed E-state index contributed by atoms with van der Waals surface area (Å²) < 4.78 is 5.65. The molecule has 23 heavy (non-hydrogen) atoms. The molecule has 0 atom stereocenters. The molecule has 0 heterocycles. The summed E-state index contributed by atoms with van der Waals surface area (Å²) in [4.78, 5) is 0. The molecular weight excluding hydrogens is 290 g/mol. The van der Waals surface area contributed by atoms with Gasteiger partial charge in [0.25, 0.3) is 0 Å². The summed E-state index contributed by atoms with van der Waals surface area (Å²) in [5.74, 6) is 0.654. The zero-order valence-electron chi connectivity index (χ0n) is 13.4. The van der Waals surface area contributed by atoms with Gasteiger partial charge in [-0.2, -0.15) is 0 Å². The van der Waals surface area contributed by atoms with Crippen molar-refractivity contribution in [3.63, 3.8) is 0 Å². The van der Waals surface area contributed by atoms with E-state index in [4.69, 9.17) is 4.74 Å². The molecular formula is C19H23NO3. The molecule has 2 rings (SSSR count). The topological polar surface area (TPSA) is 62.0 Å². The molecule has 0 saturated heterocycles. The number of hydrogen-bond donors (Lipinski definition) is 2. The lowest BCUT2D eigenvalue weighted by molar-refractivity contribution is 0.303. The zero-order valence-corrected chi connectivity index (χ0v) is 13.4. The number of unbranched alkanes of at least 4 members (excludes halogenated alkanes) is 3. The first-order chi connectivity index (χ1) is 11.3. The van der Waals surface area contributed by atoms with Crippen LogP contribution in [0.2, 0.25) is 0 Å². The minimum atomic E-state index is 0.0349. The molecule has 122 valence electrons. The predicted molar refractivity (Wildman–Crippen MR) is 91.6 cm³/mol. The van der Waals surface area contributed by atoms with Crippen LogP contribution in [-0.4, -0.2) is 22.6 Å². The molecule has 0 aliphatic carbocycles. The summed E-state index contributed by atoms with van der Waals surface area (Å²) in [7, 11) is 0. The molecule has 0 spiro atoms. The summed E-state index contributed by atoms with van der Waals surface area (Å²) in [6.45, 7) is 2.81. The number of phenols is 1. The number of benzene rings is 2. The lowest BCUT2D eigenvalue weighted by Crippen LogP contribution is -2.04. The van der Waals surface area contributed by atoms with Gasteiger partial charge < -0.3 is 15.1 Å². The molecule has 0 amide bonds. The quantitative estimate of drug-likeness (QED) is 0.324. The average molecular weight is 313 g/mol. The SMILES string of the molecule is CCCCCCOc1ccc(/C(=N/O)c2ccccc2)c(O)c1. The molecule has 2 N–H and O–H groups in total. The van der Waals surface area contributed by atoms with Gasteiger partial charge in [-0.15, -0.1) is 0 Å². The van der Waals surface area contributed by atoms with Crippen molar-refractivity contribution in [1.82, 2.24) is 0 Å². The Morgan fingerprint density at radius 3 is 2.48 bits per heavy atom. The fourth-order valence-corrected chi connectivity index (χ4v) is 2.38. The molecule has 2 aromatic carbocycles. The van der Waals surface area contributed by atoms with Gasteiger partial charge in [-0.25, -0.2) is 0 Å². The maximum Gasteiger partial charge on any atom is 0.128 e. The molecule has 0 aliphatic heterocycles. The van der Waals surface area contributed by atoms with E-state index < -0.39 is 0 Å². The van der Waals surface area contributed by atoms with E-state index >= 15 is 0 Å². The molecule has 0 bridgehead atoms. The minimum Gasteiger partial charge on any atom is -0.507 e. The smallest absolute Gasteiger partial charge is 0.128 e. The van der Waals surface area contributed by atoms with Gasteiger partial charge in [0.15, 0.2) is 0 Å². The number of ether oxygens (including phenoxy) is 1. The summed E-state index contributed by atoms with van der Waals surface area (Å²) in [6.07, 6.45) is 4.55. The minimum absolute atomic E-state index is 0.0349. The standard InChI is InChI=1S/C19H23NO3/c1-2-3-4-8-13-23-16-11-12-17(18(21)14-16)19(20-22)15-9-6-5-7-10-15/h5-7,9-12,14,21-22H,2-4,8,13H2,1H3/b20-19+. The van der Waals surface area contributed by atoms with Crippen LogP contribution in [0.5, 0.6) is 11.5 Å². The first-order valence-corrected chi connectivity index (χ1v) is 8.00. The van der Waals surface area contributed by atoms with Crippen molar-refractivity contribution in [3.8, 4) is 11.5 Å². The lowest BCUT2D eigenvalue weighted by Gasteiger charge is -2.10. The van der Waals surface area contributed by atoms with Crippen LogP contribution in [0.1, 0.15) is 43.7 Å². The van der Waals surface area contributed by atoms with E-state index in [2.05, 4.69) is 12.1 Å². The van der Waals surface area contributed by atoms with E-state index in [9.17, 15) is 10.3 Å². The summed E-state index contributed by atoms with van der Waals surface area (Å²) in [6, 6.07) is 14.3. The van der Waals surface area contributed by atoms with Gasteiger partial charge in [0.2, 0.25) is 0 Å². The van der Waals surface area contributed by atoms with E-state index in [0.29, 0.717) is 23.6 Å². The Morgan fingerprint density at radius 2 is 1.83 bits per heavy atom.